The van der Waals surface area contributed by atoms with Crippen molar-refractivity contribution in [2.24, 2.45) is 0 Å². The molecule has 1 saturated carbocycles. The van der Waals surface area contributed by atoms with E-state index in [0.29, 0.717) is 12.8 Å². The van der Waals surface area contributed by atoms with Gasteiger partial charge in [0.1, 0.15) is 6.17 Å². The van der Waals surface area contributed by atoms with Crippen LogP contribution in [0.1, 0.15) is 45.4 Å². The summed E-state index contributed by atoms with van der Waals surface area (Å²) in [5.74, 6) is 0. The second kappa shape index (κ2) is 3.75. The molecule has 0 saturated heterocycles. The Balaban J connectivity index is 2.42. The molecule has 0 aromatic heterocycles. The van der Waals surface area contributed by atoms with E-state index in [4.69, 9.17) is 11.6 Å². The van der Waals surface area contributed by atoms with Crippen molar-refractivity contribution in [1.82, 2.24) is 0 Å². The van der Waals surface area contributed by atoms with Crippen LogP contribution in [0.4, 0.5) is 4.39 Å². The van der Waals surface area contributed by atoms with Crippen molar-refractivity contribution < 1.29 is 4.39 Å². The van der Waals surface area contributed by atoms with Gasteiger partial charge < -0.3 is 0 Å². The lowest BCUT2D eigenvalue weighted by Crippen LogP contribution is -2.23. The topological polar surface area (TPSA) is 0 Å². The fourth-order valence-electron chi connectivity index (χ4n) is 1.70. The quantitative estimate of drug-likeness (QED) is 0.497. The molecule has 0 aromatic rings. The van der Waals surface area contributed by atoms with Crippen molar-refractivity contribution in [2.45, 2.75) is 56.5 Å². The van der Waals surface area contributed by atoms with Crippen LogP contribution in [0.2, 0.25) is 0 Å². The third kappa shape index (κ3) is 3.42. The first-order chi connectivity index (χ1) is 5.10. The van der Waals surface area contributed by atoms with Gasteiger partial charge in [0.25, 0.3) is 0 Å². The van der Waals surface area contributed by atoms with E-state index in [9.17, 15) is 4.39 Å². The van der Waals surface area contributed by atoms with Gasteiger partial charge in [0.05, 0.1) is 0 Å². The lowest BCUT2D eigenvalue weighted by Gasteiger charge is -2.26. The van der Waals surface area contributed by atoms with E-state index in [1.54, 1.807) is 0 Å². The molecular weight excluding hydrogens is 163 g/mol. The van der Waals surface area contributed by atoms with Crippen LogP contribution in [-0.4, -0.2) is 11.0 Å². The summed E-state index contributed by atoms with van der Waals surface area (Å²) in [6.45, 7) is 1.95. The van der Waals surface area contributed by atoms with Gasteiger partial charge in [0.2, 0.25) is 0 Å². The van der Waals surface area contributed by atoms with Gasteiger partial charge in [-0.3, -0.25) is 0 Å². The first-order valence-corrected chi connectivity index (χ1v) is 4.81. The van der Waals surface area contributed by atoms with Crippen molar-refractivity contribution in [3.63, 3.8) is 0 Å². The van der Waals surface area contributed by atoms with Gasteiger partial charge in [0, 0.05) is 4.87 Å². The molecule has 0 bridgehead atoms. The highest BCUT2D eigenvalue weighted by Gasteiger charge is 2.26. The predicted molar refractivity (Wildman–Crippen MR) is 46.9 cm³/mol. The molecule has 0 amide bonds. The minimum Gasteiger partial charge on any atom is -0.247 e. The molecule has 2 atom stereocenters. The summed E-state index contributed by atoms with van der Waals surface area (Å²) in [4.78, 5) is -0.278. The standard InChI is InChI=1S/C9H16ClF/c1-9(10)6-4-2-3-5-8(11)7-9/h8H,2-7H2,1H3. The Morgan fingerprint density at radius 3 is 2.82 bits per heavy atom. The zero-order valence-electron chi connectivity index (χ0n) is 7.08. The molecule has 1 rings (SSSR count). The molecule has 0 heterocycles. The van der Waals surface area contributed by atoms with Gasteiger partial charge in [-0.05, 0) is 26.2 Å². The van der Waals surface area contributed by atoms with Gasteiger partial charge in [-0.2, -0.15) is 0 Å². The van der Waals surface area contributed by atoms with Gasteiger partial charge in [0.15, 0.2) is 0 Å². The lowest BCUT2D eigenvalue weighted by molar-refractivity contribution is 0.242. The van der Waals surface area contributed by atoms with Crippen LogP contribution in [0.15, 0.2) is 0 Å². The van der Waals surface area contributed by atoms with Gasteiger partial charge in [-0.15, -0.1) is 11.6 Å². The Morgan fingerprint density at radius 1 is 1.36 bits per heavy atom. The summed E-state index contributed by atoms with van der Waals surface area (Å²) in [6.07, 6.45) is 4.88. The summed E-state index contributed by atoms with van der Waals surface area (Å²) in [5.41, 5.74) is 0. The zero-order valence-corrected chi connectivity index (χ0v) is 7.83. The zero-order chi connectivity index (χ0) is 8.32. The van der Waals surface area contributed by atoms with Crippen LogP contribution in [-0.2, 0) is 0 Å². The van der Waals surface area contributed by atoms with Crippen LogP contribution in [0, 0.1) is 0 Å². The van der Waals surface area contributed by atoms with E-state index in [0.717, 1.165) is 25.7 Å². The minimum absolute atomic E-state index is 0.278. The second-order valence-electron chi connectivity index (χ2n) is 3.81. The Morgan fingerprint density at radius 2 is 2.09 bits per heavy atom. The average Bonchev–Trinajstić information content (AvgIpc) is 1.82. The fourth-order valence-corrected chi connectivity index (χ4v) is 2.00. The molecule has 2 heteroatoms. The highest BCUT2D eigenvalue weighted by Crippen LogP contribution is 2.32. The molecule has 1 aliphatic carbocycles. The smallest absolute Gasteiger partial charge is 0.102 e. The van der Waals surface area contributed by atoms with E-state index in [1.807, 2.05) is 6.92 Å². The van der Waals surface area contributed by atoms with Crippen molar-refractivity contribution in [2.75, 3.05) is 0 Å². The fraction of sp³-hybridized carbons (Fsp3) is 1.00. The van der Waals surface area contributed by atoms with E-state index >= 15 is 0 Å². The number of rotatable bonds is 0. The average molecular weight is 179 g/mol. The van der Waals surface area contributed by atoms with Crippen LogP contribution < -0.4 is 0 Å². The van der Waals surface area contributed by atoms with Gasteiger partial charge in [-0.1, -0.05) is 19.3 Å². The third-order valence-corrected chi connectivity index (χ3v) is 2.71. The maximum absolute atomic E-state index is 13.0. The number of hydrogen-bond donors (Lipinski definition) is 0. The first kappa shape index (κ1) is 9.31. The van der Waals surface area contributed by atoms with Crippen molar-refractivity contribution >= 4 is 11.6 Å². The van der Waals surface area contributed by atoms with Gasteiger partial charge >= 0.3 is 0 Å². The molecule has 1 fully saturated rings. The Hall–Kier alpha value is 0.220. The van der Waals surface area contributed by atoms with Crippen LogP contribution in [0.3, 0.4) is 0 Å². The molecule has 0 nitrogen and oxygen atoms in total. The first-order valence-electron chi connectivity index (χ1n) is 4.43. The van der Waals surface area contributed by atoms with Crippen LogP contribution >= 0.6 is 11.6 Å². The van der Waals surface area contributed by atoms with E-state index in [-0.39, 0.29) is 4.87 Å². The largest absolute Gasteiger partial charge is 0.247 e. The molecule has 0 aliphatic heterocycles. The SMILES string of the molecule is CC1(Cl)CCCCCC(F)C1. The Kier molecular flexibility index (Phi) is 3.17. The highest BCUT2D eigenvalue weighted by atomic mass is 35.5. The van der Waals surface area contributed by atoms with E-state index in [1.165, 1.54) is 0 Å². The van der Waals surface area contributed by atoms with E-state index in [2.05, 4.69) is 0 Å². The molecule has 0 aromatic carbocycles. The maximum Gasteiger partial charge on any atom is 0.102 e. The van der Waals surface area contributed by atoms with E-state index < -0.39 is 6.17 Å². The minimum atomic E-state index is -0.669. The summed E-state index contributed by atoms with van der Waals surface area (Å²) < 4.78 is 13.0. The molecule has 11 heavy (non-hydrogen) atoms. The molecule has 1 aliphatic rings. The molecule has 2 unspecified atom stereocenters. The lowest BCUT2D eigenvalue weighted by atomic mass is 9.91. The van der Waals surface area contributed by atoms with Crippen molar-refractivity contribution in [3.8, 4) is 0 Å². The van der Waals surface area contributed by atoms with Crippen LogP contribution in [0.25, 0.3) is 0 Å². The molecule has 0 spiro atoms. The third-order valence-electron chi connectivity index (χ3n) is 2.36. The van der Waals surface area contributed by atoms with Crippen molar-refractivity contribution in [1.29, 1.82) is 0 Å². The normalized spacial score (nSPS) is 41.2. The van der Waals surface area contributed by atoms with Crippen molar-refractivity contribution in [3.05, 3.63) is 0 Å². The Bertz CT molecular complexity index is 123. The van der Waals surface area contributed by atoms with Gasteiger partial charge in [-0.25, -0.2) is 4.39 Å². The summed E-state index contributed by atoms with van der Waals surface area (Å²) >= 11 is 6.10. The number of halogens is 2. The molecule has 0 radical (unpaired) electrons. The molecule has 66 valence electrons. The monoisotopic (exact) mass is 178 g/mol. The summed E-state index contributed by atoms with van der Waals surface area (Å²) in [7, 11) is 0. The molecular formula is C9H16ClF. The predicted octanol–water partition coefficient (Wildman–Crippen LogP) is 3.68. The maximum atomic E-state index is 13.0. The summed E-state index contributed by atoms with van der Waals surface area (Å²) in [6, 6.07) is 0. The Labute approximate surface area is 73.1 Å². The highest BCUT2D eigenvalue weighted by molar-refractivity contribution is 6.23. The summed E-state index contributed by atoms with van der Waals surface area (Å²) in [5, 5.41) is 0. The molecule has 0 N–H and O–H groups in total. The second-order valence-corrected chi connectivity index (χ2v) is 4.73. The number of alkyl halides is 2. The number of hydrogen-bond acceptors (Lipinski definition) is 0. The van der Waals surface area contributed by atoms with Crippen LogP contribution in [0.5, 0.6) is 0 Å².